The largest absolute Gasteiger partial charge is 0.444 e. The molecular weight excluding hydrogens is 290 g/mol. The first-order valence-electron chi connectivity index (χ1n) is 8.16. The molecule has 0 unspecified atom stereocenters. The van der Waals surface area contributed by atoms with Crippen molar-refractivity contribution in [2.24, 2.45) is 5.41 Å². The van der Waals surface area contributed by atoms with Crippen LogP contribution in [-0.4, -0.2) is 35.5 Å². The fourth-order valence-corrected chi connectivity index (χ4v) is 3.55. The number of nitrogens with zero attached hydrogens (tertiary/aromatic N) is 1. The number of hydrogen-bond donors (Lipinski definition) is 0. The Morgan fingerprint density at radius 3 is 2.61 bits per heavy atom. The van der Waals surface area contributed by atoms with E-state index in [1.54, 1.807) is 11.0 Å². The third kappa shape index (κ3) is 3.04. The van der Waals surface area contributed by atoms with Gasteiger partial charge in [-0.1, -0.05) is 18.2 Å². The molecule has 0 radical (unpaired) electrons. The van der Waals surface area contributed by atoms with Crippen LogP contribution in [-0.2, 0) is 9.53 Å². The van der Waals surface area contributed by atoms with Crippen molar-refractivity contribution in [3.05, 3.63) is 41.2 Å². The predicted octanol–water partition coefficient (Wildman–Crippen LogP) is 3.55. The summed E-state index contributed by atoms with van der Waals surface area (Å²) in [5, 5.41) is 0. The predicted molar refractivity (Wildman–Crippen MR) is 87.9 cm³/mol. The first kappa shape index (κ1) is 15.8. The van der Waals surface area contributed by atoms with Crippen LogP contribution in [0.1, 0.15) is 40.0 Å². The minimum absolute atomic E-state index is 0.138. The number of allylic oxidation sites excluding steroid dienone is 5. The molecule has 122 valence electrons. The summed E-state index contributed by atoms with van der Waals surface area (Å²) in [6.07, 6.45) is 9.56. The van der Waals surface area contributed by atoms with E-state index in [1.165, 1.54) is 0 Å². The van der Waals surface area contributed by atoms with Crippen LogP contribution in [0.15, 0.2) is 41.2 Å². The third-order valence-electron chi connectivity index (χ3n) is 4.69. The van der Waals surface area contributed by atoms with Gasteiger partial charge in [0.15, 0.2) is 5.78 Å². The summed E-state index contributed by atoms with van der Waals surface area (Å²) in [6, 6.07) is 0. The fraction of sp³-hybridized carbons (Fsp3) is 0.526. The van der Waals surface area contributed by atoms with E-state index in [2.05, 4.69) is 5.73 Å². The Balaban J connectivity index is 1.75. The standard InChI is InChI=1S/C19H23NO3/c1-18(2,3)23-17(22)20-11-9-19(10-12-20)13-16(21)14-7-5-4-6-8-15(14)19/h4-6,8H,9-13H2,1-3H3. The van der Waals surface area contributed by atoms with Crippen molar-refractivity contribution in [3.8, 4) is 0 Å². The van der Waals surface area contributed by atoms with Gasteiger partial charge in [-0.2, -0.15) is 0 Å². The van der Waals surface area contributed by atoms with Crippen molar-refractivity contribution >= 4 is 11.9 Å². The van der Waals surface area contributed by atoms with Gasteiger partial charge < -0.3 is 9.64 Å². The molecule has 0 bridgehead atoms. The number of carbonyl (C=O) groups excluding carboxylic acids is 2. The van der Waals surface area contributed by atoms with E-state index in [1.807, 2.05) is 39.0 Å². The van der Waals surface area contributed by atoms with Gasteiger partial charge >= 0.3 is 6.09 Å². The summed E-state index contributed by atoms with van der Waals surface area (Å²) in [7, 11) is 0. The molecule has 4 nitrogen and oxygen atoms in total. The molecule has 3 rings (SSSR count). The second-order valence-corrected chi connectivity index (χ2v) is 7.50. The SMILES string of the molecule is CC(C)(C)OC(=O)N1CCC2(CC1)CC(=O)C1=C=CC=CC=C12. The number of ketones is 1. The number of piperidine rings is 1. The Hall–Kier alpha value is -2.06. The zero-order valence-corrected chi connectivity index (χ0v) is 14.0. The Kier molecular flexibility index (Phi) is 3.81. The molecule has 2 aliphatic carbocycles. The van der Waals surface area contributed by atoms with E-state index < -0.39 is 5.60 Å². The van der Waals surface area contributed by atoms with Gasteiger partial charge in [0.2, 0.25) is 0 Å². The molecule has 1 spiro atoms. The number of likely N-dealkylation sites (tertiary alicyclic amines) is 1. The van der Waals surface area contributed by atoms with Crippen molar-refractivity contribution < 1.29 is 14.3 Å². The summed E-state index contributed by atoms with van der Waals surface area (Å²) in [5.74, 6) is 0.168. The lowest BCUT2D eigenvalue weighted by Gasteiger charge is -2.40. The second kappa shape index (κ2) is 5.54. The van der Waals surface area contributed by atoms with Gasteiger partial charge in [0.25, 0.3) is 0 Å². The number of hydrogen-bond acceptors (Lipinski definition) is 3. The van der Waals surface area contributed by atoms with Gasteiger partial charge in [0, 0.05) is 24.9 Å². The number of fused-ring (bicyclic) bond motifs is 2. The molecule has 1 heterocycles. The minimum atomic E-state index is -0.481. The van der Waals surface area contributed by atoms with Crippen LogP contribution in [0.5, 0.6) is 0 Å². The summed E-state index contributed by atoms with van der Waals surface area (Å²) < 4.78 is 5.45. The Bertz CT molecular complexity index is 661. The number of ether oxygens (including phenoxy) is 1. The Labute approximate surface area is 137 Å². The topological polar surface area (TPSA) is 46.6 Å². The number of amides is 1. The van der Waals surface area contributed by atoms with E-state index in [9.17, 15) is 9.59 Å². The van der Waals surface area contributed by atoms with Crippen molar-refractivity contribution in [1.29, 1.82) is 0 Å². The van der Waals surface area contributed by atoms with Crippen molar-refractivity contribution in [3.63, 3.8) is 0 Å². The molecule has 2 fully saturated rings. The van der Waals surface area contributed by atoms with Crippen LogP contribution < -0.4 is 0 Å². The van der Waals surface area contributed by atoms with Crippen LogP contribution >= 0.6 is 0 Å². The Morgan fingerprint density at radius 1 is 1.26 bits per heavy atom. The molecule has 1 saturated heterocycles. The van der Waals surface area contributed by atoms with Gasteiger partial charge in [-0.05, 0) is 45.3 Å². The van der Waals surface area contributed by atoms with Crippen LogP contribution in [0.25, 0.3) is 0 Å². The van der Waals surface area contributed by atoms with Crippen molar-refractivity contribution in [1.82, 2.24) is 4.90 Å². The smallest absolute Gasteiger partial charge is 0.410 e. The Morgan fingerprint density at radius 2 is 1.96 bits per heavy atom. The average Bonchev–Trinajstić information content (AvgIpc) is 2.65. The molecule has 1 aliphatic heterocycles. The van der Waals surface area contributed by atoms with E-state index in [-0.39, 0.29) is 17.3 Å². The lowest BCUT2D eigenvalue weighted by atomic mass is 9.73. The first-order chi connectivity index (χ1) is 10.8. The third-order valence-corrected chi connectivity index (χ3v) is 4.69. The lowest BCUT2D eigenvalue weighted by molar-refractivity contribution is -0.115. The van der Waals surface area contributed by atoms with Crippen LogP contribution in [0.3, 0.4) is 0 Å². The minimum Gasteiger partial charge on any atom is -0.444 e. The number of Topliss-reactive ketones (excluding diaryl/α,β-unsaturated/α-hetero) is 1. The highest BCUT2D eigenvalue weighted by Gasteiger charge is 2.48. The quantitative estimate of drug-likeness (QED) is 0.642. The summed E-state index contributed by atoms with van der Waals surface area (Å²) in [6.45, 7) is 6.87. The van der Waals surface area contributed by atoms with E-state index in [0.717, 1.165) is 24.0 Å². The maximum absolute atomic E-state index is 12.3. The van der Waals surface area contributed by atoms with Crippen molar-refractivity contribution in [2.45, 2.75) is 45.6 Å². The van der Waals surface area contributed by atoms with Gasteiger partial charge in [0.05, 0.1) is 5.57 Å². The molecule has 0 aromatic heterocycles. The molecule has 1 saturated carbocycles. The number of rotatable bonds is 0. The first-order valence-corrected chi connectivity index (χ1v) is 8.16. The van der Waals surface area contributed by atoms with Crippen LogP contribution in [0, 0.1) is 5.41 Å². The molecular formula is C19H23NO3. The molecule has 1 amide bonds. The van der Waals surface area contributed by atoms with Gasteiger partial charge in [-0.15, -0.1) is 5.73 Å². The zero-order valence-electron chi connectivity index (χ0n) is 14.0. The molecule has 23 heavy (non-hydrogen) atoms. The maximum Gasteiger partial charge on any atom is 0.410 e. The summed E-state index contributed by atoms with van der Waals surface area (Å²) in [4.78, 5) is 26.3. The van der Waals surface area contributed by atoms with Gasteiger partial charge in [0.1, 0.15) is 5.60 Å². The molecule has 3 aliphatic rings. The van der Waals surface area contributed by atoms with E-state index in [0.29, 0.717) is 19.5 Å². The average molecular weight is 313 g/mol. The molecule has 0 atom stereocenters. The maximum atomic E-state index is 12.3. The summed E-state index contributed by atoms with van der Waals surface area (Å²) >= 11 is 0. The number of carbonyl (C=O) groups is 2. The van der Waals surface area contributed by atoms with Gasteiger partial charge in [-0.3, -0.25) is 4.79 Å². The van der Waals surface area contributed by atoms with Gasteiger partial charge in [-0.25, -0.2) is 4.79 Å². The van der Waals surface area contributed by atoms with E-state index in [4.69, 9.17) is 4.74 Å². The molecule has 0 aromatic carbocycles. The van der Waals surface area contributed by atoms with Crippen LogP contribution in [0.4, 0.5) is 4.79 Å². The molecule has 0 N–H and O–H groups in total. The zero-order chi connectivity index (χ0) is 16.7. The highest BCUT2D eigenvalue weighted by atomic mass is 16.6. The normalized spacial score (nSPS) is 22.6. The van der Waals surface area contributed by atoms with Crippen LogP contribution in [0.2, 0.25) is 0 Å². The lowest BCUT2D eigenvalue weighted by Crippen LogP contribution is -2.45. The molecule has 4 heteroatoms. The second-order valence-electron chi connectivity index (χ2n) is 7.50. The highest BCUT2D eigenvalue weighted by Crippen LogP contribution is 2.51. The summed E-state index contributed by atoms with van der Waals surface area (Å²) in [5.41, 5.74) is 4.31. The van der Waals surface area contributed by atoms with E-state index >= 15 is 0 Å². The monoisotopic (exact) mass is 313 g/mol. The highest BCUT2D eigenvalue weighted by molar-refractivity contribution is 6.04. The molecule has 0 aromatic rings. The van der Waals surface area contributed by atoms with Crippen molar-refractivity contribution in [2.75, 3.05) is 13.1 Å². The fourth-order valence-electron chi connectivity index (χ4n) is 3.55.